The van der Waals surface area contributed by atoms with Crippen LogP contribution in [-0.2, 0) is 4.79 Å². The maximum absolute atomic E-state index is 10.5. The zero-order valence-corrected chi connectivity index (χ0v) is 4.85. The van der Waals surface area contributed by atoms with Crippen molar-refractivity contribution in [3.8, 4) is 0 Å². The summed E-state index contributed by atoms with van der Waals surface area (Å²) in [5.41, 5.74) is 5.49. The second kappa shape index (κ2) is 1.74. The van der Waals surface area contributed by atoms with Crippen LogP contribution in [-0.4, -0.2) is 18.0 Å². The molecule has 0 saturated carbocycles. The third-order valence-electron chi connectivity index (χ3n) is 1.45. The van der Waals surface area contributed by atoms with Gasteiger partial charge in [-0.25, -0.2) is 0 Å². The van der Waals surface area contributed by atoms with Gasteiger partial charge in [-0.1, -0.05) is 0 Å². The van der Waals surface area contributed by atoms with Crippen LogP contribution in [0.4, 0.5) is 0 Å². The minimum absolute atomic E-state index is 0.0301. The van der Waals surface area contributed by atoms with Crippen molar-refractivity contribution in [3.63, 3.8) is 0 Å². The smallest absolute Gasteiger partial charge is 0.221 e. The highest BCUT2D eigenvalue weighted by molar-refractivity contribution is 5.79. The van der Waals surface area contributed by atoms with E-state index < -0.39 is 0 Å². The first kappa shape index (κ1) is 5.56. The number of amides is 1. The average Bonchev–Trinajstić information content (AvgIpc) is 1.85. The maximum Gasteiger partial charge on any atom is 0.221 e. The molecule has 3 heteroatoms. The first-order valence-electron chi connectivity index (χ1n) is 2.75. The summed E-state index contributed by atoms with van der Waals surface area (Å²) in [7, 11) is 0. The molecule has 1 amide bonds. The zero-order valence-electron chi connectivity index (χ0n) is 4.85. The van der Waals surface area contributed by atoms with Gasteiger partial charge in [-0.15, -0.1) is 0 Å². The van der Waals surface area contributed by atoms with E-state index in [4.69, 9.17) is 5.73 Å². The molecule has 2 unspecified atom stereocenters. The highest BCUT2D eigenvalue weighted by atomic mass is 16.2. The van der Waals surface area contributed by atoms with Gasteiger partial charge in [-0.3, -0.25) is 4.79 Å². The highest BCUT2D eigenvalue weighted by Crippen LogP contribution is 2.02. The second-order valence-electron chi connectivity index (χ2n) is 2.22. The van der Waals surface area contributed by atoms with Crippen molar-refractivity contribution in [2.24, 2.45) is 5.73 Å². The summed E-state index contributed by atoms with van der Waals surface area (Å²) >= 11 is 0. The van der Waals surface area contributed by atoms with Crippen molar-refractivity contribution in [2.75, 3.05) is 0 Å². The molecule has 1 rings (SSSR count). The first-order chi connectivity index (χ1) is 3.70. The molecule has 1 saturated heterocycles. The molecule has 0 aromatic rings. The predicted molar refractivity (Wildman–Crippen MR) is 30.2 cm³/mol. The summed E-state index contributed by atoms with van der Waals surface area (Å²) in [5.74, 6) is 0.0741. The molecule has 1 aliphatic rings. The SMILES string of the molecule is CC1NC(=O)CC1N. The summed E-state index contributed by atoms with van der Waals surface area (Å²) in [6, 6.07) is 0.199. The Morgan fingerprint density at radius 1 is 1.88 bits per heavy atom. The van der Waals surface area contributed by atoms with Crippen LogP contribution in [0.3, 0.4) is 0 Å². The van der Waals surface area contributed by atoms with E-state index in [1.165, 1.54) is 0 Å². The molecule has 0 radical (unpaired) electrons. The van der Waals surface area contributed by atoms with Gasteiger partial charge in [0.1, 0.15) is 0 Å². The van der Waals surface area contributed by atoms with Crippen molar-refractivity contribution in [2.45, 2.75) is 25.4 Å². The summed E-state index contributed by atoms with van der Waals surface area (Å²) in [5, 5.41) is 2.70. The molecule has 0 bridgehead atoms. The molecule has 0 aromatic carbocycles. The van der Waals surface area contributed by atoms with E-state index in [1.807, 2.05) is 6.92 Å². The van der Waals surface area contributed by atoms with Crippen LogP contribution in [0.5, 0.6) is 0 Å². The molecule has 1 aliphatic heterocycles. The highest BCUT2D eigenvalue weighted by Gasteiger charge is 2.24. The molecule has 1 heterocycles. The van der Waals surface area contributed by atoms with E-state index >= 15 is 0 Å². The fraction of sp³-hybridized carbons (Fsp3) is 0.800. The number of nitrogens with two attached hydrogens (primary N) is 1. The Kier molecular flexibility index (Phi) is 1.21. The molecular weight excluding hydrogens is 104 g/mol. The molecular formula is C5H10N2O. The Morgan fingerprint density at radius 2 is 2.50 bits per heavy atom. The van der Waals surface area contributed by atoms with Gasteiger partial charge in [0.15, 0.2) is 0 Å². The third-order valence-corrected chi connectivity index (χ3v) is 1.45. The predicted octanol–water partition coefficient (Wildman–Crippen LogP) is -0.778. The van der Waals surface area contributed by atoms with Crippen molar-refractivity contribution in [3.05, 3.63) is 0 Å². The van der Waals surface area contributed by atoms with Crippen molar-refractivity contribution < 1.29 is 4.79 Å². The molecule has 0 spiro atoms. The van der Waals surface area contributed by atoms with Gasteiger partial charge in [0.05, 0.1) is 0 Å². The maximum atomic E-state index is 10.5. The Bertz CT molecular complexity index is 101. The lowest BCUT2D eigenvalue weighted by Crippen LogP contribution is -2.33. The molecule has 46 valence electrons. The number of carbonyl (C=O) groups is 1. The van der Waals surface area contributed by atoms with Crippen LogP contribution >= 0.6 is 0 Å². The minimum Gasteiger partial charge on any atom is -0.352 e. The number of rotatable bonds is 0. The summed E-state index contributed by atoms with van der Waals surface area (Å²) in [6.07, 6.45) is 0.487. The number of hydrogen-bond acceptors (Lipinski definition) is 2. The Labute approximate surface area is 48.2 Å². The van der Waals surface area contributed by atoms with E-state index in [0.717, 1.165) is 0 Å². The zero-order chi connectivity index (χ0) is 6.15. The first-order valence-corrected chi connectivity index (χ1v) is 2.75. The second-order valence-corrected chi connectivity index (χ2v) is 2.22. The Hall–Kier alpha value is -0.570. The van der Waals surface area contributed by atoms with Gasteiger partial charge in [0.2, 0.25) is 5.91 Å². The van der Waals surface area contributed by atoms with Crippen LogP contribution in [0, 0.1) is 0 Å². The van der Waals surface area contributed by atoms with Gasteiger partial charge >= 0.3 is 0 Å². The van der Waals surface area contributed by atoms with Gasteiger partial charge in [-0.2, -0.15) is 0 Å². The van der Waals surface area contributed by atoms with Gasteiger partial charge in [0, 0.05) is 18.5 Å². The number of carbonyl (C=O) groups excluding carboxylic acids is 1. The van der Waals surface area contributed by atoms with E-state index in [1.54, 1.807) is 0 Å². The van der Waals surface area contributed by atoms with E-state index in [9.17, 15) is 4.79 Å². The number of nitrogens with one attached hydrogen (secondary N) is 1. The Morgan fingerprint density at radius 3 is 2.62 bits per heavy atom. The molecule has 8 heavy (non-hydrogen) atoms. The lowest BCUT2D eigenvalue weighted by Gasteiger charge is -2.05. The molecule has 3 nitrogen and oxygen atoms in total. The normalized spacial score (nSPS) is 37.5. The standard InChI is InChI=1S/C5H10N2O/c1-3-4(6)2-5(8)7-3/h3-4H,2,6H2,1H3,(H,7,8). The fourth-order valence-electron chi connectivity index (χ4n) is 0.811. The summed E-state index contributed by atoms with van der Waals surface area (Å²) in [4.78, 5) is 10.5. The van der Waals surface area contributed by atoms with Crippen LogP contribution in [0.15, 0.2) is 0 Å². The molecule has 3 N–H and O–H groups in total. The minimum atomic E-state index is 0.0301. The summed E-state index contributed by atoms with van der Waals surface area (Å²) in [6.45, 7) is 1.91. The van der Waals surface area contributed by atoms with Crippen LogP contribution < -0.4 is 11.1 Å². The van der Waals surface area contributed by atoms with E-state index in [0.29, 0.717) is 6.42 Å². The number of hydrogen-bond donors (Lipinski definition) is 2. The lowest BCUT2D eigenvalue weighted by atomic mass is 10.2. The van der Waals surface area contributed by atoms with Crippen LogP contribution in [0.1, 0.15) is 13.3 Å². The van der Waals surface area contributed by atoms with Gasteiger partial charge in [-0.05, 0) is 6.92 Å². The topological polar surface area (TPSA) is 55.1 Å². The van der Waals surface area contributed by atoms with Crippen molar-refractivity contribution in [1.29, 1.82) is 0 Å². The van der Waals surface area contributed by atoms with E-state index in [2.05, 4.69) is 5.32 Å². The molecule has 1 fully saturated rings. The van der Waals surface area contributed by atoms with Gasteiger partial charge in [0.25, 0.3) is 0 Å². The molecule has 0 aromatic heterocycles. The van der Waals surface area contributed by atoms with E-state index in [-0.39, 0.29) is 18.0 Å². The fourth-order valence-corrected chi connectivity index (χ4v) is 0.811. The Balaban J connectivity index is 2.51. The van der Waals surface area contributed by atoms with Crippen molar-refractivity contribution in [1.82, 2.24) is 5.32 Å². The quantitative estimate of drug-likeness (QED) is 0.434. The lowest BCUT2D eigenvalue weighted by molar-refractivity contribution is -0.119. The van der Waals surface area contributed by atoms with Gasteiger partial charge < -0.3 is 11.1 Å². The molecule has 0 aliphatic carbocycles. The molecule has 2 atom stereocenters. The van der Waals surface area contributed by atoms with Crippen LogP contribution in [0.2, 0.25) is 0 Å². The average molecular weight is 114 g/mol. The van der Waals surface area contributed by atoms with Crippen LogP contribution in [0.25, 0.3) is 0 Å². The largest absolute Gasteiger partial charge is 0.352 e. The summed E-state index contributed by atoms with van der Waals surface area (Å²) < 4.78 is 0. The monoisotopic (exact) mass is 114 g/mol. The third kappa shape index (κ3) is 0.816. The van der Waals surface area contributed by atoms with Crippen molar-refractivity contribution >= 4 is 5.91 Å².